The van der Waals surface area contributed by atoms with E-state index >= 15 is 0 Å². The van der Waals surface area contributed by atoms with Crippen LogP contribution in [0.2, 0.25) is 0 Å². The van der Waals surface area contributed by atoms with Crippen molar-refractivity contribution in [3.8, 4) is 11.9 Å². The van der Waals surface area contributed by atoms with E-state index in [-0.39, 0.29) is 34.0 Å². The number of nitrogens with zero attached hydrogens (tertiary/aromatic N) is 1. The zero-order valence-corrected chi connectivity index (χ0v) is 17.8. The van der Waals surface area contributed by atoms with Gasteiger partial charge in [0.15, 0.2) is 5.88 Å². The van der Waals surface area contributed by atoms with Crippen LogP contribution in [0.15, 0.2) is 4.79 Å². The molecular formula is C22H30N2O5. The molecule has 1 fully saturated rings. The minimum atomic E-state index is -0.502. The SMILES string of the molecule is CC1(C)CCc2c(O)[nH]c(=O)c(C#N)c2C1.COC(=O)C1CCC(C)(C)CC1=O. The van der Waals surface area contributed by atoms with Crippen LogP contribution in [0.5, 0.6) is 5.88 Å². The number of hydrogen-bond acceptors (Lipinski definition) is 6. The number of nitrogens with one attached hydrogen (secondary N) is 1. The molecule has 1 unspecified atom stereocenters. The van der Waals surface area contributed by atoms with Gasteiger partial charge in [-0.2, -0.15) is 5.26 Å². The van der Waals surface area contributed by atoms with Crippen molar-refractivity contribution in [2.24, 2.45) is 16.7 Å². The summed E-state index contributed by atoms with van der Waals surface area (Å²) in [4.78, 5) is 36.5. The quantitative estimate of drug-likeness (QED) is 0.550. The Bertz CT molecular complexity index is 905. The van der Waals surface area contributed by atoms with Gasteiger partial charge in [0.2, 0.25) is 0 Å². The van der Waals surface area contributed by atoms with Crippen LogP contribution in [-0.2, 0) is 27.2 Å². The number of carbonyl (C=O) groups is 2. The average molecular weight is 402 g/mol. The van der Waals surface area contributed by atoms with E-state index in [0.29, 0.717) is 25.7 Å². The molecule has 29 heavy (non-hydrogen) atoms. The van der Waals surface area contributed by atoms with Gasteiger partial charge in [0.05, 0.1) is 7.11 Å². The fraction of sp³-hybridized carbons (Fsp3) is 0.636. The number of hydrogen-bond donors (Lipinski definition) is 2. The van der Waals surface area contributed by atoms with E-state index < -0.39 is 11.5 Å². The minimum absolute atomic E-state index is 0.0306. The lowest BCUT2D eigenvalue weighted by Gasteiger charge is -2.31. The molecule has 1 aromatic heterocycles. The van der Waals surface area contributed by atoms with E-state index in [9.17, 15) is 19.5 Å². The first-order chi connectivity index (χ1) is 13.4. The summed E-state index contributed by atoms with van der Waals surface area (Å²) in [6.45, 7) is 8.32. The minimum Gasteiger partial charge on any atom is -0.494 e. The first kappa shape index (κ1) is 22.7. The number of Topliss-reactive ketones (excluding diaryl/α,β-unsaturated/α-hetero) is 1. The standard InChI is InChI=1S/C12H14N2O2.C10H16O3/c1-12(2)4-3-7-8(5-12)9(6-13)11(16)14-10(7)15;1-10(2)5-4-7(8(11)6-10)9(12)13-3/h3-5H2,1-2H3,(H2,14,15,16);7H,4-6H2,1-3H3. The molecule has 0 bridgehead atoms. The van der Waals surface area contributed by atoms with Gasteiger partial charge in [0.25, 0.3) is 5.56 Å². The topological polar surface area (TPSA) is 120 Å². The Kier molecular flexibility index (Phi) is 6.56. The van der Waals surface area contributed by atoms with Crippen molar-refractivity contribution in [3.63, 3.8) is 0 Å². The van der Waals surface area contributed by atoms with Crippen molar-refractivity contribution in [3.05, 3.63) is 27.0 Å². The largest absolute Gasteiger partial charge is 0.494 e. The molecule has 1 aromatic rings. The lowest BCUT2D eigenvalue weighted by atomic mass is 9.72. The maximum atomic E-state index is 11.5. The number of esters is 1. The number of aromatic amines is 1. The van der Waals surface area contributed by atoms with E-state index in [1.165, 1.54) is 7.11 Å². The fourth-order valence-electron chi connectivity index (χ4n) is 4.06. The third-order valence-electron chi connectivity index (χ3n) is 5.87. The Hall–Kier alpha value is -2.62. The van der Waals surface area contributed by atoms with Crippen molar-refractivity contribution < 1.29 is 19.4 Å². The third kappa shape index (κ3) is 5.26. The summed E-state index contributed by atoms with van der Waals surface area (Å²) in [5, 5.41) is 18.6. The number of methoxy groups -OCH3 is 1. The highest BCUT2D eigenvalue weighted by Gasteiger charge is 2.37. The Balaban J connectivity index is 0.000000212. The number of carbonyl (C=O) groups excluding carboxylic acids is 2. The number of pyridine rings is 1. The zero-order valence-electron chi connectivity index (χ0n) is 17.8. The molecule has 7 nitrogen and oxygen atoms in total. The zero-order chi connectivity index (χ0) is 22.0. The highest BCUT2D eigenvalue weighted by atomic mass is 16.5. The molecule has 2 aliphatic carbocycles. The van der Waals surface area contributed by atoms with Gasteiger partial charge in [-0.3, -0.25) is 19.4 Å². The molecule has 2 aliphatic rings. The molecule has 1 atom stereocenters. The fourth-order valence-corrected chi connectivity index (χ4v) is 4.06. The molecule has 0 radical (unpaired) electrons. The van der Waals surface area contributed by atoms with Crippen LogP contribution in [0.25, 0.3) is 0 Å². The van der Waals surface area contributed by atoms with Gasteiger partial charge in [-0.05, 0) is 48.5 Å². The first-order valence-electron chi connectivity index (χ1n) is 9.88. The summed E-state index contributed by atoms with van der Waals surface area (Å²) in [6, 6.07) is 1.93. The molecule has 0 aliphatic heterocycles. The number of fused-ring (bicyclic) bond motifs is 1. The van der Waals surface area contributed by atoms with Gasteiger partial charge in [-0.1, -0.05) is 27.7 Å². The molecule has 0 amide bonds. The lowest BCUT2D eigenvalue weighted by molar-refractivity contribution is -0.152. The maximum Gasteiger partial charge on any atom is 0.316 e. The summed E-state index contributed by atoms with van der Waals surface area (Å²) in [5.41, 5.74) is 1.26. The van der Waals surface area contributed by atoms with E-state index in [1.807, 2.05) is 6.07 Å². The maximum absolute atomic E-state index is 11.5. The van der Waals surface area contributed by atoms with Crippen molar-refractivity contribution in [2.75, 3.05) is 7.11 Å². The third-order valence-corrected chi connectivity index (χ3v) is 5.87. The molecule has 1 saturated carbocycles. The molecule has 1 heterocycles. The van der Waals surface area contributed by atoms with Crippen LogP contribution < -0.4 is 5.56 Å². The predicted octanol–water partition coefficient (Wildman–Crippen LogP) is 3.02. The summed E-state index contributed by atoms with van der Waals surface area (Å²) in [7, 11) is 1.33. The van der Waals surface area contributed by atoms with Gasteiger partial charge in [0, 0.05) is 12.0 Å². The van der Waals surface area contributed by atoms with Gasteiger partial charge in [-0.25, -0.2) is 0 Å². The average Bonchev–Trinajstić information content (AvgIpc) is 2.60. The van der Waals surface area contributed by atoms with Crippen molar-refractivity contribution in [2.45, 2.75) is 66.2 Å². The molecule has 0 saturated heterocycles. The number of ketones is 1. The highest BCUT2D eigenvalue weighted by molar-refractivity contribution is 5.99. The van der Waals surface area contributed by atoms with Crippen LogP contribution >= 0.6 is 0 Å². The second-order valence-electron chi connectivity index (χ2n) is 9.51. The summed E-state index contributed by atoms with van der Waals surface area (Å²) < 4.78 is 4.57. The Labute approximate surface area is 171 Å². The molecule has 158 valence electrons. The molecule has 0 spiro atoms. The van der Waals surface area contributed by atoms with E-state index in [1.54, 1.807) is 0 Å². The first-order valence-corrected chi connectivity index (χ1v) is 9.88. The smallest absolute Gasteiger partial charge is 0.316 e. The summed E-state index contributed by atoms with van der Waals surface area (Å²) in [6.07, 6.45) is 4.37. The number of nitriles is 1. The Morgan fingerprint density at radius 2 is 1.76 bits per heavy atom. The molecule has 2 N–H and O–H groups in total. The van der Waals surface area contributed by atoms with Gasteiger partial charge < -0.3 is 9.84 Å². The Morgan fingerprint density at radius 1 is 1.14 bits per heavy atom. The number of aromatic nitrogens is 1. The van der Waals surface area contributed by atoms with Gasteiger partial charge >= 0.3 is 5.97 Å². The van der Waals surface area contributed by atoms with Crippen molar-refractivity contribution >= 4 is 11.8 Å². The second-order valence-corrected chi connectivity index (χ2v) is 9.51. The molecular weight excluding hydrogens is 372 g/mol. The van der Waals surface area contributed by atoms with E-state index in [0.717, 1.165) is 24.0 Å². The summed E-state index contributed by atoms with van der Waals surface area (Å²) in [5.74, 6) is -0.920. The van der Waals surface area contributed by atoms with Crippen LogP contribution in [0.3, 0.4) is 0 Å². The van der Waals surface area contributed by atoms with Crippen molar-refractivity contribution in [1.82, 2.24) is 4.98 Å². The van der Waals surface area contributed by atoms with E-state index in [4.69, 9.17) is 5.26 Å². The van der Waals surface area contributed by atoms with Crippen LogP contribution in [0, 0.1) is 28.1 Å². The number of rotatable bonds is 1. The monoisotopic (exact) mass is 402 g/mol. The number of ether oxygens (including phenoxy) is 1. The van der Waals surface area contributed by atoms with Gasteiger partial charge in [-0.15, -0.1) is 0 Å². The van der Waals surface area contributed by atoms with Crippen LogP contribution in [-0.4, -0.2) is 29.0 Å². The molecule has 0 aromatic carbocycles. The predicted molar refractivity (Wildman–Crippen MR) is 107 cm³/mol. The number of aromatic hydroxyl groups is 1. The van der Waals surface area contributed by atoms with Crippen LogP contribution in [0.1, 0.15) is 70.1 Å². The highest BCUT2D eigenvalue weighted by Crippen LogP contribution is 2.38. The van der Waals surface area contributed by atoms with Gasteiger partial charge in [0.1, 0.15) is 23.3 Å². The normalized spacial score (nSPS) is 21.8. The second kappa shape index (κ2) is 8.40. The summed E-state index contributed by atoms with van der Waals surface area (Å²) >= 11 is 0. The van der Waals surface area contributed by atoms with Crippen molar-refractivity contribution in [1.29, 1.82) is 5.26 Å². The van der Waals surface area contributed by atoms with E-state index in [2.05, 4.69) is 37.4 Å². The number of H-pyrrole nitrogens is 1. The molecule has 3 rings (SSSR count). The Morgan fingerprint density at radius 3 is 2.31 bits per heavy atom. The molecule has 7 heteroatoms. The lowest BCUT2D eigenvalue weighted by Crippen LogP contribution is -2.35. The van der Waals surface area contributed by atoms with Crippen LogP contribution in [0.4, 0.5) is 0 Å².